The molecule has 1 heterocycles. The Morgan fingerprint density at radius 1 is 1.53 bits per heavy atom. The molecule has 2 aromatic rings. The van der Waals surface area contributed by atoms with Gasteiger partial charge < -0.3 is 9.72 Å². The van der Waals surface area contributed by atoms with Crippen molar-refractivity contribution in [1.29, 1.82) is 0 Å². The molecule has 0 aliphatic carbocycles. The summed E-state index contributed by atoms with van der Waals surface area (Å²) in [4.78, 5) is 18.8. The largest absolute Gasteiger partial charge is 0.463 e. The molecule has 0 aliphatic rings. The van der Waals surface area contributed by atoms with Crippen molar-refractivity contribution in [1.82, 2.24) is 9.97 Å². The molecule has 0 atom stereocenters. The van der Waals surface area contributed by atoms with Gasteiger partial charge in [0.2, 0.25) is 0 Å². The first-order valence-corrected chi connectivity index (χ1v) is 7.10. The Labute approximate surface area is 116 Å². The number of fused-ring (bicyclic) bond motifs is 1. The van der Waals surface area contributed by atoms with Crippen molar-refractivity contribution in [3.8, 4) is 0 Å². The number of aromatic amines is 1. The minimum atomic E-state index is -0.302. The van der Waals surface area contributed by atoms with Gasteiger partial charge in [-0.2, -0.15) is 0 Å². The Kier molecular flexibility index (Phi) is 4.63. The summed E-state index contributed by atoms with van der Waals surface area (Å²) < 4.78 is 4.80. The van der Waals surface area contributed by atoms with Crippen molar-refractivity contribution in [3.05, 3.63) is 35.9 Å². The Balaban J connectivity index is 1.93. The van der Waals surface area contributed by atoms with Gasteiger partial charge in [-0.15, -0.1) is 0 Å². The summed E-state index contributed by atoms with van der Waals surface area (Å²) in [6.45, 7) is 4.24. The molecule has 0 aliphatic heterocycles. The molecular weight excluding hydrogens is 260 g/mol. The minimum absolute atomic E-state index is 0.302. The molecule has 0 fully saturated rings. The number of aromatic nitrogens is 2. The molecule has 1 N–H and O–H groups in total. The molecule has 5 heteroatoms. The lowest BCUT2D eigenvalue weighted by Gasteiger charge is -1.94. The number of carbonyl (C=O) groups excluding carboxylic acids is 1. The van der Waals surface area contributed by atoms with Crippen LogP contribution in [0.4, 0.5) is 0 Å². The molecular formula is C14H16N2O2S. The predicted molar refractivity (Wildman–Crippen MR) is 77.3 cm³/mol. The first-order valence-electron chi connectivity index (χ1n) is 6.11. The molecule has 4 nitrogen and oxygen atoms in total. The monoisotopic (exact) mass is 276 g/mol. The maximum Gasteiger partial charge on any atom is 0.330 e. The smallest absolute Gasteiger partial charge is 0.330 e. The van der Waals surface area contributed by atoms with Gasteiger partial charge >= 0.3 is 5.97 Å². The number of rotatable bonds is 5. The number of thioether (sulfide) groups is 1. The number of nitrogens with one attached hydrogen (secondary N) is 1. The van der Waals surface area contributed by atoms with Crippen LogP contribution in [-0.2, 0) is 9.53 Å². The average Bonchev–Trinajstić information content (AvgIpc) is 2.77. The van der Waals surface area contributed by atoms with E-state index in [1.165, 1.54) is 11.6 Å². The number of hydrogen-bond donors (Lipinski definition) is 1. The van der Waals surface area contributed by atoms with Crippen LogP contribution in [0, 0.1) is 6.92 Å². The van der Waals surface area contributed by atoms with E-state index in [0.717, 1.165) is 16.2 Å². The second-order valence-corrected chi connectivity index (χ2v) is 5.04. The first kappa shape index (κ1) is 13.7. The maximum absolute atomic E-state index is 11.1. The number of carbonyl (C=O) groups is 1. The fourth-order valence-corrected chi connectivity index (χ4v) is 2.33. The Hall–Kier alpha value is -1.75. The van der Waals surface area contributed by atoms with Crippen molar-refractivity contribution in [2.75, 3.05) is 12.4 Å². The number of hydrogen-bond acceptors (Lipinski definition) is 4. The molecule has 0 unspecified atom stereocenters. The summed E-state index contributed by atoms with van der Waals surface area (Å²) in [5.41, 5.74) is 3.20. The second-order valence-electron chi connectivity index (χ2n) is 4.03. The van der Waals surface area contributed by atoms with Gasteiger partial charge in [-0.25, -0.2) is 9.78 Å². The molecule has 0 amide bonds. The van der Waals surface area contributed by atoms with Gasteiger partial charge in [0.05, 0.1) is 17.6 Å². The van der Waals surface area contributed by atoms with Gasteiger partial charge in [-0.3, -0.25) is 0 Å². The van der Waals surface area contributed by atoms with Gasteiger partial charge in [0, 0.05) is 11.8 Å². The predicted octanol–water partition coefficient (Wildman–Crippen LogP) is 3.08. The first-order chi connectivity index (χ1) is 9.19. The molecule has 2 rings (SSSR count). The van der Waals surface area contributed by atoms with Gasteiger partial charge in [0.15, 0.2) is 5.16 Å². The third-order valence-electron chi connectivity index (χ3n) is 2.47. The molecule has 1 aromatic carbocycles. The molecule has 0 saturated heterocycles. The van der Waals surface area contributed by atoms with Gasteiger partial charge in [0.1, 0.15) is 0 Å². The molecule has 0 saturated carbocycles. The van der Waals surface area contributed by atoms with E-state index in [-0.39, 0.29) is 5.97 Å². The van der Waals surface area contributed by atoms with E-state index in [0.29, 0.717) is 12.4 Å². The number of esters is 1. The topological polar surface area (TPSA) is 55.0 Å². The van der Waals surface area contributed by atoms with Crippen molar-refractivity contribution in [2.24, 2.45) is 0 Å². The van der Waals surface area contributed by atoms with Crippen LogP contribution in [0.2, 0.25) is 0 Å². The van der Waals surface area contributed by atoms with E-state index in [1.54, 1.807) is 24.8 Å². The van der Waals surface area contributed by atoms with Crippen LogP contribution >= 0.6 is 11.8 Å². The van der Waals surface area contributed by atoms with E-state index >= 15 is 0 Å². The summed E-state index contributed by atoms with van der Waals surface area (Å²) in [6.07, 6.45) is 3.23. The van der Waals surface area contributed by atoms with Crippen LogP contribution in [0.5, 0.6) is 0 Å². The third kappa shape index (κ3) is 3.86. The molecule has 19 heavy (non-hydrogen) atoms. The highest BCUT2D eigenvalue weighted by Crippen LogP contribution is 2.20. The van der Waals surface area contributed by atoms with Gasteiger partial charge in [-0.05, 0) is 31.5 Å². The summed E-state index contributed by atoms with van der Waals surface area (Å²) in [6, 6.07) is 6.11. The number of H-pyrrole nitrogens is 1. The van der Waals surface area contributed by atoms with E-state index < -0.39 is 0 Å². The molecule has 100 valence electrons. The molecule has 1 aromatic heterocycles. The zero-order valence-corrected chi connectivity index (χ0v) is 11.8. The van der Waals surface area contributed by atoms with E-state index in [2.05, 4.69) is 23.0 Å². The van der Waals surface area contributed by atoms with E-state index in [9.17, 15) is 4.79 Å². The van der Waals surface area contributed by atoms with Crippen LogP contribution in [0.3, 0.4) is 0 Å². The Morgan fingerprint density at radius 2 is 2.37 bits per heavy atom. The second kappa shape index (κ2) is 6.43. The van der Waals surface area contributed by atoms with E-state index in [4.69, 9.17) is 4.74 Å². The van der Waals surface area contributed by atoms with Crippen molar-refractivity contribution < 1.29 is 9.53 Å². The average molecular weight is 276 g/mol. The summed E-state index contributed by atoms with van der Waals surface area (Å²) >= 11 is 1.55. The highest BCUT2D eigenvalue weighted by molar-refractivity contribution is 7.99. The number of ether oxygens (including phenoxy) is 1. The molecule has 0 radical (unpaired) electrons. The van der Waals surface area contributed by atoms with E-state index in [1.807, 2.05) is 12.1 Å². The molecule has 0 spiro atoms. The van der Waals surface area contributed by atoms with Crippen LogP contribution in [0.1, 0.15) is 12.5 Å². The lowest BCUT2D eigenvalue weighted by molar-refractivity contribution is -0.137. The normalized spacial score (nSPS) is 11.3. The number of aryl methyl sites for hydroxylation is 1. The van der Waals surface area contributed by atoms with Crippen LogP contribution in [-0.4, -0.2) is 28.3 Å². The highest BCUT2D eigenvalue weighted by Gasteiger charge is 2.02. The lowest BCUT2D eigenvalue weighted by Crippen LogP contribution is -1.98. The van der Waals surface area contributed by atoms with Gasteiger partial charge in [0.25, 0.3) is 0 Å². The Bertz CT molecular complexity index is 605. The van der Waals surface area contributed by atoms with Crippen molar-refractivity contribution in [2.45, 2.75) is 19.0 Å². The summed E-state index contributed by atoms with van der Waals surface area (Å²) in [7, 11) is 0. The Morgan fingerprint density at radius 3 is 3.16 bits per heavy atom. The summed E-state index contributed by atoms with van der Waals surface area (Å²) in [5, 5.41) is 0.856. The number of benzene rings is 1. The fraction of sp³-hybridized carbons (Fsp3) is 0.286. The standard InChI is InChI=1S/C14H16N2O2S/c1-3-18-13(17)5-4-8-19-14-15-11-7-6-10(2)9-12(11)16-14/h4-7,9H,3,8H2,1-2H3,(H,15,16)/b5-4+. The third-order valence-corrected chi connectivity index (χ3v) is 3.30. The van der Waals surface area contributed by atoms with Crippen molar-refractivity contribution in [3.63, 3.8) is 0 Å². The quantitative estimate of drug-likeness (QED) is 0.518. The van der Waals surface area contributed by atoms with Crippen LogP contribution in [0.25, 0.3) is 11.0 Å². The number of nitrogens with zero attached hydrogens (tertiary/aromatic N) is 1. The SMILES string of the molecule is CCOC(=O)/C=C/CSc1nc2ccc(C)cc2[nH]1. The zero-order chi connectivity index (χ0) is 13.7. The van der Waals surface area contributed by atoms with Crippen LogP contribution in [0.15, 0.2) is 35.5 Å². The van der Waals surface area contributed by atoms with Crippen molar-refractivity contribution >= 4 is 28.8 Å². The highest BCUT2D eigenvalue weighted by atomic mass is 32.2. The maximum atomic E-state index is 11.1. The zero-order valence-electron chi connectivity index (χ0n) is 11.0. The lowest BCUT2D eigenvalue weighted by atomic mass is 10.2. The molecule has 0 bridgehead atoms. The minimum Gasteiger partial charge on any atom is -0.463 e. The van der Waals surface area contributed by atoms with Crippen LogP contribution < -0.4 is 0 Å². The number of imidazole rings is 1. The summed E-state index contributed by atoms with van der Waals surface area (Å²) in [5.74, 6) is 0.376. The fourth-order valence-electron chi connectivity index (χ4n) is 1.63. The van der Waals surface area contributed by atoms with Gasteiger partial charge in [-0.1, -0.05) is 23.9 Å².